The average molecular weight is 218 g/mol. The van der Waals surface area contributed by atoms with Crippen LogP contribution in [0.15, 0.2) is 30.3 Å². The van der Waals surface area contributed by atoms with Crippen molar-refractivity contribution in [1.82, 2.24) is 4.90 Å². The number of nitrogens with two attached hydrogens (primary N) is 1. The van der Waals surface area contributed by atoms with Gasteiger partial charge in [0, 0.05) is 24.7 Å². The van der Waals surface area contributed by atoms with Crippen LogP contribution in [0.1, 0.15) is 25.8 Å². The van der Waals surface area contributed by atoms with Crippen molar-refractivity contribution in [2.75, 3.05) is 13.1 Å². The molecule has 1 atom stereocenters. The van der Waals surface area contributed by atoms with Crippen molar-refractivity contribution in [3.05, 3.63) is 35.9 Å². The van der Waals surface area contributed by atoms with E-state index in [-0.39, 0.29) is 5.54 Å². The third-order valence-electron chi connectivity index (χ3n) is 3.59. The Kier molecular flexibility index (Phi) is 3.31. The Balaban J connectivity index is 1.91. The van der Waals surface area contributed by atoms with Gasteiger partial charge in [0.15, 0.2) is 0 Å². The molecule has 2 nitrogen and oxygen atoms in total. The van der Waals surface area contributed by atoms with E-state index >= 15 is 0 Å². The Morgan fingerprint density at radius 2 is 2.00 bits per heavy atom. The van der Waals surface area contributed by atoms with Crippen LogP contribution in [-0.2, 0) is 6.42 Å². The van der Waals surface area contributed by atoms with Crippen LogP contribution < -0.4 is 5.73 Å². The molecule has 0 aliphatic carbocycles. The second-order valence-corrected chi connectivity index (χ2v) is 5.46. The van der Waals surface area contributed by atoms with Crippen LogP contribution in [0, 0.1) is 0 Å². The summed E-state index contributed by atoms with van der Waals surface area (Å²) >= 11 is 0. The second-order valence-electron chi connectivity index (χ2n) is 5.46. The summed E-state index contributed by atoms with van der Waals surface area (Å²) in [5.41, 5.74) is 7.72. The molecule has 1 unspecified atom stereocenters. The van der Waals surface area contributed by atoms with Gasteiger partial charge in [-0.25, -0.2) is 0 Å². The molecule has 2 heteroatoms. The van der Waals surface area contributed by atoms with Crippen molar-refractivity contribution in [2.24, 2.45) is 5.73 Å². The number of likely N-dealkylation sites (tertiary alicyclic amines) is 1. The van der Waals surface area contributed by atoms with E-state index in [1.54, 1.807) is 0 Å². The fourth-order valence-electron chi connectivity index (χ4n) is 2.67. The van der Waals surface area contributed by atoms with Crippen LogP contribution in [0.4, 0.5) is 0 Å². The van der Waals surface area contributed by atoms with Gasteiger partial charge in [0.1, 0.15) is 0 Å². The monoisotopic (exact) mass is 218 g/mol. The zero-order chi connectivity index (χ0) is 11.6. The SMILES string of the molecule is CC1(C)CC(N)CN1CCc1ccccc1. The van der Waals surface area contributed by atoms with Gasteiger partial charge in [-0.15, -0.1) is 0 Å². The van der Waals surface area contributed by atoms with Crippen molar-refractivity contribution >= 4 is 0 Å². The van der Waals surface area contributed by atoms with Crippen LogP contribution in [0.25, 0.3) is 0 Å². The minimum absolute atomic E-state index is 0.272. The van der Waals surface area contributed by atoms with Gasteiger partial charge in [0.25, 0.3) is 0 Å². The molecule has 0 amide bonds. The zero-order valence-corrected chi connectivity index (χ0v) is 10.3. The molecule has 1 aromatic carbocycles. The molecule has 0 spiro atoms. The summed E-state index contributed by atoms with van der Waals surface area (Å²) in [6, 6.07) is 11.0. The minimum Gasteiger partial charge on any atom is -0.326 e. The summed E-state index contributed by atoms with van der Waals surface area (Å²) in [7, 11) is 0. The number of nitrogens with zero attached hydrogens (tertiary/aromatic N) is 1. The van der Waals surface area contributed by atoms with Crippen molar-refractivity contribution < 1.29 is 0 Å². The number of benzene rings is 1. The summed E-state index contributed by atoms with van der Waals surface area (Å²) < 4.78 is 0. The van der Waals surface area contributed by atoms with Gasteiger partial charge < -0.3 is 5.73 Å². The molecule has 0 radical (unpaired) electrons. The minimum atomic E-state index is 0.272. The van der Waals surface area contributed by atoms with Crippen molar-refractivity contribution in [3.63, 3.8) is 0 Å². The van der Waals surface area contributed by atoms with Crippen LogP contribution in [0.2, 0.25) is 0 Å². The first kappa shape index (κ1) is 11.6. The quantitative estimate of drug-likeness (QED) is 0.841. The molecule has 1 aliphatic heterocycles. The lowest BCUT2D eigenvalue weighted by Gasteiger charge is -2.31. The van der Waals surface area contributed by atoms with Gasteiger partial charge in [-0.05, 0) is 32.3 Å². The molecule has 1 fully saturated rings. The van der Waals surface area contributed by atoms with Gasteiger partial charge >= 0.3 is 0 Å². The van der Waals surface area contributed by atoms with E-state index in [1.807, 2.05) is 0 Å². The molecule has 2 N–H and O–H groups in total. The van der Waals surface area contributed by atoms with Gasteiger partial charge in [0.05, 0.1) is 0 Å². The van der Waals surface area contributed by atoms with Crippen LogP contribution in [-0.4, -0.2) is 29.6 Å². The predicted molar refractivity (Wildman–Crippen MR) is 68.4 cm³/mol. The van der Waals surface area contributed by atoms with Gasteiger partial charge in [0.2, 0.25) is 0 Å². The first-order valence-corrected chi connectivity index (χ1v) is 6.12. The Morgan fingerprint density at radius 3 is 2.56 bits per heavy atom. The van der Waals surface area contributed by atoms with Crippen LogP contribution in [0.5, 0.6) is 0 Å². The maximum Gasteiger partial charge on any atom is 0.0185 e. The molecule has 1 aromatic rings. The fraction of sp³-hybridized carbons (Fsp3) is 0.571. The standard InChI is InChI=1S/C14H22N2/c1-14(2)10-13(15)11-16(14)9-8-12-6-4-3-5-7-12/h3-7,13H,8-11,15H2,1-2H3. The van der Waals surface area contributed by atoms with Crippen molar-refractivity contribution in [2.45, 2.75) is 38.3 Å². The molecule has 16 heavy (non-hydrogen) atoms. The molecule has 2 rings (SSSR count). The Labute approximate surface area is 98.4 Å². The van der Waals surface area contributed by atoms with E-state index in [4.69, 9.17) is 5.73 Å². The molecular weight excluding hydrogens is 196 g/mol. The second kappa shape index (κ2) is 4.56. The van der Waals surface area contributed by atoms with E-state index in [0.29, 0.717) is 6.04 Å². The molecular formula is C14H22N2. The number of rotatable bonds is 3. The lowest BCUT2D eigenvalue weighted by atomic mass is 10.0. The third-order valence-corrected chi connectivity index (χ3v) is 3.59. The predicted octanol–water partition coefficient (Wildman–Crippen LogP) is 2.04. The highest BCUT2D eigenvalue weighted by atomic mass is 15.2. The van der Waals surface area contributed by atoms with Gasteiger partial charge in [-0.3, -0.25) is 4.90 Å². The van der Waals surface area contributed by atoms with E-state index in [1.165, 1.54) is 5.56 Å². The molecule has 1 aliphatic rings. The van der Waals surface area contributed by atoms with E-state index in [2.05, 4.69) is 49.1 Å². The smallest absolute Gasteiger partial charge is 0.0185 e. The first-order valence-electron chi connectivity index (χ1n) is 6.12. The van der Waals surface area contributed by atoms with Gasteiger partial charge in [-0.2, -0.15) is 0 Å². The summed E-state index contributed by atoms with van der Waals surface area (Å²) in [6.07, 6.45) is 2.23. The summed E-state index contributed by atoms with van der Waals surface area (Å²) in [4.78, 5) is 2.52. The van der Waals surface area contributed by atoms with E-state index in [0.717, 1.165) is 25.9 Å². The molecule has 88 valence electrons. The van der Waals surface area contributed by atoms with E-state index in [9.17, 15) is 0 Å². The lowest BCUT2D eigenvalue weighted by Crippen LogP contribution is -2.39. The Bertz CT molecular complexity index is 332. The molecule has 1 heterocycles. The van der Waals surface area contributed by atoms with Crippen LogP contribution in [0.3, 0.4) is 0 Å². The molecule has 1 saturated heterocycles. The van der Waals surface area contributed by atoms with Crippen molar-refractivity contribution in [1.29, 1.82) is 0 Å². The summed E-state index contributed by atoms with van der Waals surface area (Å²) in [6.45, 7) is 6.75. The highest BCUT2D eigenvalue weighted by Gasteiger charge is 2.35. The van der Waals surface area contributed by atoms with E-state index < -0.39 is 0 Å². The third kappa shape index (κ3) is 2.63. The number of hydrogen-bond acceptors (Lipinski definition) is 2. The Morgan fingerprint density at radius 1 is 1.31 bits per heavy atom. The number of hydrogen-bond donors (Lipinski definition) is 1. The van der Waals surface area contributed by atoms with Crippen molar-refractivity contribution in [3.8, 4) is 0 Å². The highest BCUT2D eigenvalue weighted by Crippen LogP contribution is 2.27. The first-order chi connectivity index (χ1) is 7.58. The zero-order valence-electron chi connectivity index (χ0n) is 10.3. The normalized spacial score (nSPS) is 24.8. The molecule has 0 bridgehead atoms. The summed E-state index contributed by atoms with van der Waals surface area (Å²) in [5, 5.41) is 0. The largest absolute Gasteiger partial charge is 0.326 e. The topological polar surface area (TPSA) is 29.3 Å². The lowest BCUT2D eigenvalue weighted by molar-refractivity contribution is 0.177. The highest BCUT2D eigenvalue weighted by molar-refractivity contribution is 5.15. The van der Waals surface area contributed by atoms with Crippen LogP contribution >= 0.6 is 0 Å². The molecule has 0 saturated carbocycles. The fourth-order valence-corrected chi connectivity index (χ4v) is 2.67. The van der Waals surface area contributed by atoms with Gasteiger partial charge in [-0.1, -0.05) is 30.3 Å². The maximum absolute atomic E-state index is 6.03. The molecule has 0 aromatic heterocycles. The Hall–Kier alpha value is -0.860. The summed E-state index contributed by atoms with van der Waals surface area (Å²) in [5.74, 6) is 0. The average Bonchev–Trinajstić information content (AvgIpc) is 2.50. The maximum atomic E-state index is 6.03.